The number of rotatable bonds is 13. The first-order chi connectivity index (χ1) is 21.0. The highest BCUT2D eigenvalue weighted by Gasteiger charge is 2.34. The van der Waals surface area contributed by atoms with Crippen molar-refractivity contribution >= 4 is 33.2 Å². The van der Waals surface area contributed by atoms with Gasteiger partial charge >= 0.3 is 0 Å². The first-order valence-electron chi connectivity index (χ1n) is 14.5. The molecule has 0 spiro atoms. The van der Waals surface area contributed by atoms with Gasteiger partial charge in [0.2, 0.25) is 21.8 Å². The number of nitro benzene ring substituents is 1. The number of ether oxygens (including phenoxy) is 1. The number of nitro groups is 1. The fourth-order valence-corrected chi connectivity index (χ4v) is 6.28. The van der Waals surface area contributed by atoms with Crippen LogP contribution in [0.3, 0.4) is 0 Å². The molecule has 4 rings (SSSR count). The number of nitrogens with zero attached hydrogens (tertiary/aromatic N) is 3. The number of sulfonamides is 1. The number of hydrogen-bond donors (Lipinski definition) is 1. The summed E-state index contributed by atoms with van der Waals surface area (Å²) in [7, 11) is -2.53. The number of non-ortho nitro benzene ring substituents is 1. The van der Waals surface area contributed by atoms with Crippen LogP contribution in [0.25, 0.3) is 0 Å². The lowest BCUT2D eigenvalue weighted by atomic mass is 9.94. The molecule has 1 aliphatic carbocycles. The second-order valence-corrected chi connectivity index (χ2v) is 12.9. The lowest BCUT2D eigenvalue weighted by Gasteiger charge is -2.35. The van der Waals surface area contributed by atoms with E-state index in [1.807, 2.05) is 30.3 Å². The minimum atomic E-state index is -4.06. The molecule has 0 bridgehead atoms. The predicted molar refractivity (Wildman–Crippen MR) is 168 cm³/mol. The molecule has 0 aromatic heterocycles. The number of anilines is 1. The molecule has 0 saturated heterocycles. The molecule has 11 nitrogen and oxygen atoms in total. The van der Waals surface area contributed by atoms with Gasteiger partial charge in [0, 0.05) is 31.1 Å². The number of nitrogens with one attached hydrogen (secondary N) is 1. The summed E-state index contributed by atoms with van der Waals surface area (Å²) in [5.41, 5.74) is 1.18. The van der Waals surface area contributed by atoms with E-state index in [1.165, 1.54) is 30.2 Å². The predicted octanol–water partition coefficient (Wildman–Crippen LogP) is 4.46. The molecule has 1 aliphatic rings. The van der Waals surface area contributed by atoms with Gasteiger partial charge in [-0.1, -0.05) is 67.8 Å². The van der Waals surface area contributed by atoms with Gasteiger partial charge in [-0.25, -0.2) is 8.42 Å². The number of methoxy groups -OCH3 is 1. The van der Waals surface area contributed by atoms with Gasteiger partial charge in [0.05, 0.1) is 24.0 Å². The van der Waals surface area contributed by atoms with Gasteiger partial charge in [0.1, 0.15) is 18.3 Å². The van der Waals surface area contributed by atoms with Gasteiger partial charge in [-0.15, -0.1) is 0 Å². The maximum atomic E-state index is 14.3. The Morgan fingerprint density at radius 3 is 2.32 bits per heavy atom. The van der Waals surface area contributed by atoms with E-state index < -0.39 is 33.4 Å². The van der Waals surface area contributed by atoms with Crippen LogP contribution < -0.4 is 14.4 Å². The molecular weight excluding hydrogens is 584 g/mol. The van der Waals surface area contributed by atoms with Gasteiger partial charge in [0.15, 0.2) is 0 Å². The van der Waals surface area contributed by atoms with Gasteiger partial charge in [-0.3, -0.25) is 24.0 Å². The molecule has 1 fully saturated rings. The average Bonchev–Trinajstić information content (AvgIpc) is 3.02. The lowest BCUT2D eigenvalue weighted by molar-refractivity contribution is -0.384. The Morgan fingerprint density at radius 2 is 1.66 bits per heavy atom. The smallest absolute Gasteiger partial charge is 0.271 e. The van der Waals surface area contributed by atoms with Crippen LogP contribution >= 0.6 is 0 Å². The third-order valence-electron chi connectivity index (χ3n) is 7.72. The highest BCUT2D eigenvalue weighted by molar-refractivity contribution is 7.92. The number of carbonyl (C=O) groups excluding carboxylic acids is 2. The maximum Gasteiger partial charge on any atom is 0.271 e. The van der Waals surface area contributed by atoms with Crippen molar-refractivity contribution in [2.45, 2.75) is 57.2 Å². The molecule has 0 unspecified atom stereocenters. The van der Waals surface area contributed by atoms with Crippen molar-refractivity contribution in [3.05, 3.63) is 100 Å². The third-order valence-corrected chi connectivity index (χ3v) is 8.86. The van der Waals surface area contributed by atoms with Crippen molar-refractivity contribution in [2.24, 2.45) is 0 Å². The largest absolute Gasteiger partial charge is 0.497 e. The van der Waals surface area contributed by atoms with E-state index in [2.05, 4.69) is 5.32 Å². The fourth-order valence-electron chi connectivity index (χ4n) is 5.44. The molecule has 2 amide bonds. The SMILES string of the molecule is COc1cccc(CN(C(=O)CN(c2cccc([N+](=O)[O-])c2)S(C)(=O)=O)[C@H](Cc2ccccc2)C(=O)NC2CCCCC2)c1. The highest BCUT2D eigenvalue weighted by atomic mass is 32.2. The van der Waals surface area contributed by atoms with Gasteiger partial charge in [-0.2, -0.15) is 0 Å². The van der Waals surface area contributed by atoms with Crippen molar-refractivity contribution in [3.63, 3.8) is 0 Å². The van der Waals surface area contributed by atoms with Crippen LogP contribution in [0.4, 0.5) is 11.4 Å². The molecule has 234 valence electrons. The van der Waals surface area contributed by atoms with E-state index in [1.54, 1.807) is 24.3 Å². The van der Waals surface area contributed by atoms with Gasteiger partial charge < -0.3 is 15.0 Å². The summed E-state index contributed by atoms with van der Waals surface area (Å²) in [4.78, 5) is 40.5. The van der Waals surface area contributed by atoms with E-state index in [0.717, 1.165) is 54.3 Å². The first kappa shape index (κ1) is 32.5. The Labute approximate surface area is 258 Å². The van der Waals surface area contributed by atoms with Gasteiger partial charge in [0.25, 0.3) is 5.69 Å². The van der Waals surface area contributed by atoms with Crippen LogP contribution in [0.2, 0.25) is 0 Å². The molecule has 0 aliphatic heterocycles. The van der Waals surface area contributed by atoms with Crippen molar-refractivity contribution in [1.29, 1.82) is 0 Å². The standard InChI is InChI=1S/C32H38N4O7S/c1-43-29-18-9-13-25(19-29)22-34(31(37)23-35(44(2,41)42)27-16-10-17-28(21-27)36(39)40)30(20-24-11-5-3-6-12-24)32(38)33-26-14-7-4-8-15-26/h3,5-6,9-13,16-19,21,26,30H,4,7-8,14-15,20,22-23H2,1-2H3,(H,33,38)/t30-/m1/s1. The van der Waals surface area contributed by atoms with E-state index in [4.69, 9.17) is 4.74 Å². The third kappa shape index (κ3) is 8.79. The molecule has 44 heavy (non-hydrogen) atoms. The Hall–Kier alpha value is -4.45. The second kappa shape index (κ2) is 14.8. The summed E-state index contributed by atoms with van der Waals surface area (Å²) < 4.78 is 32.1. The van der Waals surface area contributed by atoms with Crippen molar-refractivity contribution in [1.82, 2.24) is 10.2 Å². The summed E-state index contributed by atoms with van der Waals surface area (Å²) >= 11 is 0. The Kier molecular flexibility index (Phi) is 10.9. The van der Waals surface area contributed by atoms with E-state index >= 15 is 0 Å². The average molecular weight is 623 g/mol. The number of carbonyl (C=O) groups is 2. The van der Waals surface area contributed by atoms with Crippen LogP contribution in [-0.2, 0) is 32.6 Å². The fraction of sp³-hybridized carbons (Fsp3) is 0.375. The molecule has 3 aromatic rings. The normalized spacial score (nSPS) is 14.3. The van der Waals surface area contributed by atoms with E-state index in [9.17, 15) is 28.1 Å². The molecule has 0 heterocycles. The van der Waals surface area contributed by atoms with Crippen molar-refractivity contribution < 1.29 is 27.7 Å². The number of benzene rings is 3. The van der Waals surface area contributed by atoms with Crippen LogP contribution in [0.1, 0.15) is 43.2 Å². The van der Waals surface area contributed by atoms with Crippen LogP contribution in [0.5, 0.6) is 5.75 Å². The maximum absolute atomic E-state index is 14.3. The molecule has 1 N–H and O–H groups in total. The topological polar surface area (TPSA) is 139 Å². The number of hydrogen-bond acceptors (Lipinski definition) is 7. The molecule has 12 heteroatoms. The summed E-state index contributed by atoms with van der Waals surface area (Å²) in [6.45, 7) is -0.663. The van der Waals surface area contributed by atoms with Crippen LogP contribution in [0.15, 0.2) is 78.9 Å². The minimum absolute atomic E-state index is 0.00183. The van der Waals surface area contributed by atoms with Crippen LogP contribution in [-0.4, -0.2) is 62.0 Å². The summed E-state index contributed by atoms with van der Waals surface area (Å²) in [5.74, 6) is -0.391. The van der Waals surface area contributed by atoms with Gasteiger partial charge in [-0.05, 0) is 42.2 Å². The Morgan fingerprint density at radius 1 is 0.977 bits per heavy atom. The Bertz CT molecular complexity index is 1560. The summed E-state index contributed by atoms with van der Waals surface area (Å²) in [6.07, 6.45) is 5.96. The molecule has 3 aromatic carbocycles. The van der Waals surface area contributed by atoms with Crippen molar-refractivity contribution in [3.8, 4) is 5.75 Å². The highest BCUT2D eigenvalue weighted by Crippen LogP contribution is 2.25. The zero-order valence-corrected chi connectivity index (χ0v) is 25.7. The minimum Gasteiger partial charge on any atom is -0.497 e. The molecule has 1 saturated carbocycles. The van der Waals surface area contributed by atoms with Crippen molar-refractivity contribution in [2.75, 3.05) is 24.2 Å². The van der Waals surface area contributed by atoms with E-state index in [0.29, 0.717) is 11.3 Å². The Balaban J connectivity index is 1.75. The monoisotopic (exact) mass is 622 g/mol. The number of amides is 2. The molecular formula is C32H38N4O7S. The quantitative estimate of drug-likeness (QED) is 0.219. The van der Waals surface area contributed by atoms with E-state index in [-0.39, 0.29) is 36.3 Å². The molecule has 1 atom stereocenters. The first-order valence-corrected chi connectivity index (χ1v) is 16.4. The molecule has 0 radical (unpaired) electrons. The zero-order chi connectivity index (χ0) is 31.7. The van der Waals surface area contributed by atoms with Crippen LogP contribution in [0, 0.1) is 10.1 Å². The summed E-state index contributed by atoms with van der Waals surface area (Å²) in [5, 5.41) is 14.6. The zero-order valence-electron chi connectivity index (χ0n) is 24.9. The second-order valence-electron chi connectivity index (χ2n) is 11.0. The lowest BCUT2D eigenvalue weighted by Crippen LogP contribution is -2.55. The summed E-state index contributed by atoms with van der Waals surface area (Å²) in [6, 6.07) is 20.5.